The molecule has 2 amide bonds. The van der Waals surface area contributed by atoms with Gasteiger partial charge in [0.15, 0.2) is 0 Å². The lowest BCUT2D eigenvalue weighted by Crippen LogP contribution is -2.43. The third kappa shape index (κ3) is 4.58. The first kappa shape index (κ1) is 19.4. The minimum Gasteiger partial charge on any atom is -0.326 e. The number of sulfonamides is 1. The van der Waals surface area contributed by atoms with Crippen LogP contribution >= 0.6 is 0 Å². The molecule has 0 fully saturated rings. The fourth-order valence-electron chi connectivity index (χ4n) is 2.31. The number of aryl methyl sites for hydroxylation is 1. The molecule has 2 aromatic rings. The van der Waals surface area contributed by atoms with Crippen LogP contribution in [0, 0.1) is 6.92 Å². The largest absolute Gasteiger partial charge is 0.326 e. The third-order valence-corrected chi connectivity index (χ3v) is 5.29. The van der Waals surface area contributed by atoms with Crippen molar-refractivity contribution in [1.29, 1.82) is 0 Å². The van der Waals surface area contributed by atoms with Crippen LogP contribution in [0.2, 0.25) is 0 Å². The SMILES string of the molecule is CC(=O)Nc1ccc(S(=O)(=O)N(CC(=O)NN)c2cccc(C)c2)cc1. The summed E-state index contributed by atoms with van der Waals surface area (Å²) in [6.45, 7) is 2.71. The van der Waals surface area contributed by atoms with E-state index in [1.165, 1.54) is 31.2 Å². The van der Waals surface area contributed by atoms with E-state index in [1.807, 2.05) is 18.4 Å². The highest BCUT2D eigenvalue weighted by atomic mass is 32.2. The first-order valence-electron chi connectivity index (χ1n) is 7.70. The zero-order valence-electron chi connectivity index (χ0n) is 14.4. The molecule has 2 rings (SSSR count). The van der Waals surface area contributed by atoms with Crippen molar-refractivity contribution in [3.8, 4) is 0 Å². The van der Waals surface area contributed by atoms with Gasteiger partial charge in [0.2, 0.25) is 5.91 Å². The molecule has 0 unspecified atom stereocenters. The fourth-order valence-corrected chi connectivity index (χ4v) is 3.73. The molecule has 0 heterocycles. The summed E-state index contributed by atoms with van der Waals surface area (Å²) in [6.07, 6.45) is 0. The number of nitrogens with one attached hydrogen (secondary N) is 2. The summed E-state index contributed by atoms with van der Waals surface area (Å²) < 4.78 is 27.1. The van der Waals surface area contributed by atoms with Gasteiger partial charge < -0.3 is 5.32 Å². The minimum atomic E-state index is -4.02. The maximum Gasteiger partial charge on any atom is 0.264 e. The highest BCUT2D eigenvalue weighted by Gasteiger charge is 2.27. The molecule has 0 saturated heterocycles. The molecule has 0 aromatic heterocycles. The van der Waals surface area contributed by atoms with Crippen LogP contribution in [0.3, 0.4) is 0 Å². The van der Waals surface area contributed by atoms with E-state index in [1.54, 1.807) is 18.2 Å². The van der Waals surface area contributed by atoms with Gasteiger partial charge in [0, 0.05) is 12.6 Å². The summed E-state index contributed by atoms with van der Waals surface area (Å²) in [5, 5.41) is 2.57. The molecule has 0 bridgehead atoms. The van der Waals surface area contributed by atoms with Gasteiger partial charge >= 0.3 is 0 Å². The molecule has 0 spiro atoms. The number of carbonyl (C=O) groups is 2. The maximum atomic E-state index is 13.0. The molecule has 138 valence electrons. The second-order valence-corrected chi connectivity index (χ2v) is 7.49. The van der Waals surface area contributed by atoms with Gasteiger partial charge in [-0.3, -0.25) is 19.3 Å². The van der Waals surface area contributed by atoms with Crippen LogP contribution in [0.1, 0.15) is 12.5 Å². The van der Waals surface area contributed by atoms with Crippen LogP contribution < -0.4 is 20.9 Å². The second kappa shape index (κ2) is 7.98. The number of carbonyl (C=O) groups excluding carboxylic acids is 2. The highest BCUT2D eigenvalue weighted by molar-refractivity contribution is 7.92. The third-order valence-electron chi connectivity index (χ3n) is 3.50. The van der Waals surface area contributed by atoms with Gasteiger partial charge in [0.25, 0.3) is 15.9 Å². The van der Waals surface area contributed by atoms with Crippen LogP contribution in [0.25, 0.3) is 0 Å². The Morgan fingerprint density at radius 2 is 1.77 bits per heavy atom. The first-order chi connectivity index (χ1) is 12.2. The molecule has 0 radical (unpaired) electrons. The first-order valence-corrected chi connectivity index (χ1v) is 9.14. The molecule has 26 heavy (non-hydrogen) atoms. The number of benzene rings is 2. The number of hydrazine groups is 1. The average molecular weight is 376 g/mol. The molecule has 2 aromatic carbocycles. The number of nitrogens with zero attached hydrogens (tertiary/aromatic N) is 1. The van der Waals surface area contributed by atoms with Crippen molar-refractivity contribution >= 4 is 33.2 Å². The van der Waals surface area contributed by atoms with Gasteiger partial charge in [0.05, 0.1) is 10.6 Å². The monoisotopic (exact) mass is 376 g/mol. The Hall–Kier alpha value is -2.91. The molecular weight excluding hydrogens is 356 g/mol. The predicted octanol–water partition coefficient (Wildman–Crippen LogP) is 1.14. The smallest absolute Gasteiger partial charge is 0.264 e. The standard InChI is InChI=1S/C17H20N4O4S/c1-12-4-3-5-15(10-12)21(11-17(23)20-18)26(24,25)16-8-6-14(7-9-16)19-13(2)22/h3-10H,11,18H2,1-2H3,(H,19,22)(H,20,23). The van der Waals surface area contributed by atoms with E-state index < -0.39 is 22.5 Å². The van der Waals surface area contributed by atoms with Crippen molar-refractivity contribution in [2.24, 2.45) is 5.84 Å². The molecule has 0 aliphatic carbocycles. The zero-order valence-corrected chi connectivity index (χ0v) is 15.2. The Kier molecular flexibility index (Phi) is 5.96. The Morgan fingerprint density at radius 3 is 2.31 bits per heavy atom. The van der Waals surface area contributed by atoms with E-state index in [0.717, 1.165) is 9.87 Å². The highest BCUT2D eigenvalue weighted by Crippen LogP contribution is 2.25. The van der Waals surface area contributed by atoms with E-state index in [2.05, 4.69) is 5.32 Å². The van der Waals surface area contributed by atoms with Gasteiger partial charge in [0.1, 0.15) is 6.54 Å². The number of rotatable bonds is 6. The normalized spacial score (nSPS) is 10.9. The maximum absolute atomic E-state index is 13.0. The predicted molar refractivity (Wildman–Crippen MR) is 98.8 cm³/mol. The molecular formula is C17H20N4O4S. The molecule has 4 N–H and O–H groups in total. The average Bonchev–Trinajstić information content (AvgIpc) is 2.59. The van der Waals surface area contributed by atoms with Crippen LogP contribution in [0.5, 0.6) is 0 Å². The number of nitrogens with two attached hydrogens (primary N) is 1. The summed E-state index contributed by atoms with van der Waals surface area (Å²) >= 11 is 0. The number of anilines is 2. The van der Waals surface area contributed by atoms with Crippen LogP contribution in [0.15, 0.2) is 53.4 Å². The van der Waals surface area contributed by atoms with Crippen molar-refractivity contribution in [3.05, 3.63) is 54.1 Å². The van der Waals surface area contributed by atoms with Crippen molar-refractivity contribution < 1.29 is 18.0 Å². The Morgan fingerprint density at radius 1 is 1.12 bits per heavy atom. The summed E-state index contributed by atoms with van der Waals surface area (Å²) in [5.74, 6) is 4.20. The summed E-state index contributed by atoms with van der Waals surface area (Å²) in [7, 11) is -4.02. The van der Waals surface area contributed by atoms with Crippen LogP contribution in [-0.4, -0.2) is 26.8 Å². The van der Waals surface area contributed by atoms with E-state index in [4.69, 9.17) is 5.84 Å². The molecule has 8 nitrogen and oxygen atoms in total. The lowest BCUT2D eigenvalue weighted by molar-refractivity contribution is -0.119. The summed E-state index contributed by atoms with van der Waals surface area (Å²) in [4.78, 5) is 22.8. The molecule has 0 saturated carbocycles. The summed E-state index contributed by atoms with van der Waals surface area (Å²) in [5.41, 5.74) is 3.60. The molecule has 0 atom stereocenters. The van der Waals surface area contributed by atoms with Crippen LogP contribution in [-0.2, 0) is 19.6 Å². The van der Waals surface area contributed by atoms with E-state index in [9.17, 15) is 18.0 Å². The van der Waals surface area contributed by atoms with Gasteiger partial charge in [-0.25, -0.2) is 14.3 Å². The quantitative estimate of drug-likeness (QED) is 0.396. The van der Waals surface area contributed by atoms with Crippen molar-refractivity contribution in [2.45, 2.75) is 18.7 Å². The van der Waals surface area contributed by atoms with Gasteiger partial charge in [-0.15, -0.1) is 0 Å². The Labute approximate surface area is 152 Å². The van der Waals surface area contributed by atoms with Crippen LogP contribution in [0.4, 0.5) is 11.4 Å². The number of hydrogen-bond acceptors (Lipinski definition) is 5. The topological polar surface area (TPSA) is 122 Å². The fraction of sp³-hybridized carbons (Fsp3) is 0.176. The van der Waals surface area contributed by atoms with E-state index in [-0.39, 0.29) is 10.8 Å². The lowest BCUT2D eigenvalue weighted by atomic mass is 10.2. The lowest BCUT2D eigenvalue weighted by Gasteiger charge is -2.24. The van der Waals surface area contributed by atoms with E-state index >= 15 is 0 Å². The number of amides is 2. The Balaban J connectivity index is 2.44. The van der Waals surface area contributed by atoms with Gasteiger partial charge in [-0.2, -0.15) is 0 Å². The van der Waals surface area contributed by atoms with Crippen molar-refractivity contribution in [1.82, 2.24) is 5.43 Å². The molecule has 0 aliphatic rings. The number of hydrogen-bond donors (Lipinski definition) is 3. The second-order valence-electron chi connectivity index (χ2n) is 5.62. The minimum absolute atomic E-state index is 0.0158. The zero-order chi connectivity index (χ0) is 19.3. The van der Waals surface area contributed by atoms with Crippen molar-refractivity contribution in [2.75, 3.05) is 16.2 Å². The Bertz CT molecular complexity index is 911. The van der Waals surface area contributed by atoms with Gasteiger partial charge in [-0.05, 0) is 48.9 Å². The van der Waals surface area contributed by atoms with Crippen molar-refractivity contribution in [3.63, 3.8) is 0 Å². The molecule has 0 aliphatic heterocycles. The molecule has 9 heteroatoms. The van der Waals surface area contributed by atoms with E-state index in [0.29, 0.717) is 11.4 Å². The van der Waals surface area contributed by atoms with Gasteiger partial charge in [-0.1, -0.05) is 12.1 Å². The summed E-state index contributed by atoms with van der Waals surface area (Å²) in [6, 6.07) is 12.5.